The first kappa shape index (κ1) is 41.8. The summed E-state index contributed by atoms with van der Waals surface area (Å²) < 4.78 is 34.1. The fourth-order valence-electron chi connectivity index (χ4n) is 6.28. The van der Waals surface area contributed by atoms with Crippen molar-refractivity contribution in [2.24, 2.45) is 11.8 Å². The highest BCUT2D eigenvalue weighted by molar-refractivity contribution is 7.79. The van der Waals surface area contributed by atoms with Crippen LogP contribution >= 0.6 is 0 Å². The van der Waals surface area contributed by atoms with Gasteiger partial charge in [0.15, 0.2) is 0 Å². The van der Waals surface area contributed by atoms with E-state index >= 15 is 0 Å². The number of nitrogens with two attached hydrogens (primary N) is 2. The van der Waals surface area contributed by atoms with Gasteiger partial charge < -0.3 is 19.7 Å². The van der Waals surface area contributed by atoms with E-state index in [9.17, 15) is 0 Å². The van der Waals surface area contributed by atoms with Crippen LogP contribution in [-0.2, 0) is 36.1 Å². The Kier molecular flexibility index (Phi) is 19.8. The highest BCUT2D eigenvalue weighted by Gasteiger charge is 2.16. The molecule has 6 nitrogen and oxygen atoms in total. The average Bonchev–Trinajstić information content (AvgIpc) is 3.06. The number of hydrogen-bond acceptors (Lipinski definition) is 4. The van der Waals surface area contributed by atoms with Crippen molar-refractivity contribution in [1.29, 1.82) is 0 Å². The number of hydrogen-bond donors (Lipinski definition) is 2. The van der Waals surface area contributed by atoms with Crippen molar-refractivity contribution < 1.29 is 28.2 Å². The molecule has 268 valence electrons. The van der Waals surface area contributed by atoms with E-state index in [0.29, 0.717) is 23.7 Å². The summed E-state index contributed by atoms with van der Waals surface area (Å²) in [7, 11) is -0.844. The van der Waals surface area contributed by atoms with Crippen molar-refractivity contribution in [1.82, 2.24) is 0 Å². The zero-order valence-electron chi connectivity index (χ0n) is 30.6. The standard InChI is InChI=1S/2C21H29N.H2O4S/c2*1-17(2)15-19-11-7-8-12-20(19)16-21(13-14-22-3)18-9-5-4-6-10-18;1-5(2,3)4/h2*4-12,17,21-22H,13-16H2,1-3H3;(H2,1,2,3,4). The van der Waals surface area contributed by atoms with Crippen LogP contribution in [0.5, 0.6) is 0 Å². The largest absolute Gasteiger partial charge is 0.759 e. The van der Waals surface area contributed by atoms with Crippen molar-refractivity contribution >= 4 is 10.4 Å². The number of rotatable bonds is 16. The molecule has 0 radical (unpaired) electrons. The monoisotopic (exact) mass is 688 g/mol. The topological polar surface area (TPSA) is 113 Å². The molecule has 0 spiro atoms. The third kappa shape index (κ3) is 18.3. The van der Waals surface area contributed by atoms with Gasteiger partial charge in [0.1, 0.15) is 0 Å². The van der Waals surface area contributed by atoms with Crippen LogP contribution in [0.1, 0.15) is 85.8 Å². The first-order valence-electron chi connectivity index (χ1n) is 17.9. The highest BCUT2D eigenvalue weighted by atomic mass is 32.3. The molecule has 0 saturated heterocycles. The Hall–Kier alpha value is -3.33. The molecule has 0 aliphatic rings. The Balaban J connectivity index is 0.000000299. The quantitative estimate of drug-likeness (QED) is 0.107. The molecule has 0 heterocycles. The minimum Gasteiger partial charge on any atom is -0.759 e. The minimum atomic E-state index is -5.17. The molecule has 4 rings (SSSR count). The maximum Gasteiger partial charge on any atom is 0.0759 e. The predicted molar refractivity (Wildman–Crippen MR) is 201 cm³/mol. The van der Waals surface area contributed by atoms with Gasteiger partial charge in [0.25, 0.3) is 0 Å². The molecule has 0 bridgehead atoms. The van der Waals surface area contributed by atoms with Gasteiger partial charge in [-0.1, -0.05) is 137 Å². The van der Waals surface area contributed by atoms with Gasteiger partial charge in [-0.3, -0.25) is 8.42 Å². The Morgan fingerprint density at radius 1 is 0.490 bits per heavy atom. The second-order valence-corrected chi connectivity index (χ2v) is 14.6. The molecule has 4 aromatic carbocycles. The molecule has 0 aromatic heterocycles. The lowest BCUT2D eigenvalue weighted by Gasteiger charge is -2.19. The van der Waals surface area contributed by atoms with Crippen LogP contribution in [0, 0.1) is 11.8 Å². The average molecular weight is 689 g/mol. The van der Waals surface area contributed by atoms with Gasteiger partial charge in [0.05, 0.1) is 27.2 Å². The van der Waals surface area contributed by atoms with Gasteiger partial charge in [-0.05, 0) is 82.7 Å². The molecule has 4 N–H and O–H groups in total. The van der Waals surface area contributed by atoms with Gasteiger partial charge in [0, 0.05) is 23.2 Å². The number of benzene rings is 4. The minimum absolute atomic E-state index is 0.616. The summed E-state index contributed by atoms with van der Waals surface area (Å²) in [4.78, 5) is 0. The first-order chi connectivity index (χ1) is 23.4. The fourth-order valence-corrected chi connectivity index (χ4v) is 6.28. The lowest BCUT2D eigenvalue weighted by molar-refractivity contribution is -0.627. The molecular formula is C42H60N2O4S. The van der Waals surface area contributed by atoms with Crippen molar-refractivity contribution in [3.8, 4) is 0 Å². The molecule has 0 aliphatic carbocycles. The Morgan fingerprint density at radius 3 is 1.02 bits per heavy atom. The first-order valence-corrected chi connectivity index (χ1v) is 19.2. The van der Waals surface area contributed by atoms with E-state index in [1.807, 2.05) is 0 Å². The smallest absolute Gasteiger partial charge is 0.0759 e. The maximum absolute atomic E-state index is 8.52. The normalized spacial score (nSPS) is 12.4. The highest BCUT2D eigenvalue weighted by Crippen LogP contribution is 2.28. The predicted octanol–water partition coefficient (Wildman–Crippen LogP) is 6.25. The van der Waals surface area contributed by atoms with Crippen LogP contribution in [0.2, 0.25) is 0 Å². The zero-order valence-corrected chi connectivity index (χ0v) is 31.4. The third-order valence-electron chi connectivity index (χ3n) is 8.58. The van der Waals surface area contributed by atoms with E-state index in [0.717, 1.165) is 12.8 Å². The van der Waals surface area contributed by atoms with Gasteiger partial charge >= 0.3 is 0 Å². The van der Waals surface area contributed by atoms with Crippen molar-refractivity contribution in [3.05, 3.63) is 143 Å². The summed E-state index contributed by atoms with van der Waals surface area (Å²) in [6.07, 6.45) is 7.13. The van der Waals surface area contributed by atoms with Gasteiger partial charge in [-0.2, -0.15) is 0 Å². The number of quaternary nitrogens is 2. The van der Waals surface area contributed by atoms with E-state index in [1.165, 1.54) is 72.2 Å². The second-order valence-electron chi connectivity index (χ2n) is 13.7. The van der Waals surface area contributed by atoms with Crippen molar-refractivity contribution in [2.75, 3.05) is 27.2 Å². The molecule has 2 atom stereocenters. The van der Waals surface area contributed by atoms with E-state index in [2.05, 4.69) is 162 Å². The molecule has 2 unspecified atom stereocenters. The Morgan fingerprint density at radius 2 is 0.755 bits per heavy atom. The van der Waals surface area contributed by atoms with E-state index < -0.39 is 10.4 Å². The lowest BCUT2D eigenvalue weighted by Crippen LogP contribution is -2.79. The lowest BCUT2D eigenvalue weighted by atomic mass is 9.86. The summed E-state index contributed by atoms with van der Waals surface area (Å²) in [6, 6.07) is 40.0. The molecule has 7 heteroatoms. The SMILES string of the molecule is C[NH2+]CCC(Cc1ccccc1CC(C)C)c1ccccc1.C[NH2+]CCC(Cc1ccccc1CC(C)C)c1ccccc1.O=S(=O)([O-])[O-]. The van der Waals surface area contributed by atoms with E-state index in [-0.39, 0.29) is 0 Å². The van der Waals surface area contributed by atoms with E-state index in [1.54, 1.807) is 0 Å². The van der Waals surface area contributed by atoms with Crippen LogP contribution in [-0.4, -0.2) is 44.7 Å². The third-order valence-corrected chi connectivity index (χ3v) is 8.58. The summed E-state index contributed by atoms with van der Waals surface area (Å²) in [5.41, 5.74) is 9.06. The molecular weight excluding hydrogens is 629 g/mol. The van der Waals surface area contributed by atoms with Crippen molar-refractivity contribution in [3.63, 3.8) is 0 Å². The molecule has 49 heavy (non-hydrogen) atoms. The summed E-state index contributed by atoms with van der Waals surface area (Å²) >= 11 is 0. The second kappa shape index (κ2) is 23.1. The van der Waals surface area contributed by atoms with Gasteiger partial charge in [0.2, 0.25) is 0 Å². The van der Waals surface area contributed by atoms with Crippen LogP contribution < -0.4 is 10.6 Å². The molecule has 0 saturated carbocycles. The molecule has 0 fully saturated rings. The summed E-state index contributed by atoms with van der Waals surface area (Å²) in [5.74, 6) is 2.65. The van der Waals surface area contributed by atoms with Crippen LogP contribution in [0.3, 0.4) is 0 Å². The van der Waals surface area contributed by atoms with Crippen LogP contribution in [0.4, 0.5) is 0 Å². The Labute approximate surface area is 297 Å². The van der Waals surface area contributed by atoms with Crippen molar-refractivity contribution in [2.45, 2.75) is 78.1 Å². The summed E-state index contributed by atoms with van der Waals surface area (Å²) in [6.45, 7) is 11.6. The maximum atomic E-state index is 8.52. The summed E-state index contributed by atoms with van der Waals surface area (Å²) in [5, 5.41) is 4.58. The molecule has 0 aliphatic heterocycles. The zero-order chi connectivity index (χ0) is 36.1. The van der Waals surface area contributed by atoms with Gasteiger partial charge in [-0.15, -0.1) is 0 Å². The van der Waals surface area contributed by atoms with E-state index in [4.69, 9.17) is 17.5 Å². The Bertz CT molecular complexity index is 1430. The molecule has 0 amide bonds. The fraction of sp³-hybridized carbons (Fsp3) is 0.429. The van der Waals surface area contributed by atoms with Crippen LogP contribution in [0.25, 0.3) is 0 Å². The van der Waals surface area contributed by atoms with Gasteiger partial charge in [-0.25, -0.2) is 0 Å². The van der Waals surface area contributed by atoms with Crippen LogP contribution in [0.15, 0.2) is 109 Å². The molecule has 4 aromatic rings.